The third-order valence-corrected chi connectivity index (χ3v) is 4.23. The monoisotopic (exact) mass is 412 g/mol. The predicted molar refractivity (Wildman–Crippen MR) is 109 cm³/mol. The van der Waals surface area contributed by atoms with Crippen molar-refractivity contribution in [2.45, 2.75) is 0 Å². The van der Waals surface area contributed by atoms with E-state index in [1.54, 1.807) is 72.8 Å². The van der Waals surface area contributed by atoms with Gasteiger partial charge in [0.2, 0.25) is 0 Å². The third-order valence-electron chi connectivity index (χ3n) is 3.65. The van der Waals surface area contributed by atoms with Crippen molar-refractivity contribution in [1.82, 2.24) is 5.43 Å². The van der Waals surface area contributed by atoms with Crippen LogP contribution in [-0.4, -0.2) is 18.1 Å². The summed E-state index contributed by atoms with van der Waals surface area (Å²) in [4.78, 5) is 24.2. The Morgan fingerprint density at radius 1 is 0.929 bits per heavy atom. The maximum absolute atomic E-state index is 12.2. The van der Waals surface area contributed by atoms with E-state index in [4.69, 9.17) is 27.9 Å². The molecule has 0 radical (unpaired) electrons. The summed E-state index contributed by atoms with van der Waals surface area (Å²) < 4.78 is 5.34. The molecule has 1 N–H and O–H groups in total. The van der Waals surface area contributed by atoms with Crippen molar-refractivity contribution < 1.29 is 14.3 Å². The van der Waals surface area contributed by atoms with Gasteiger partial charge in [0.25, 0.3) is 5.91 Å². The number of hydrogen-bond acceptors (Lipinski definition) is 4. The number of hydrazone groups is 1. The summed E-state index contributed by atoms with van der Waals surface area (Å²) in [5, 5.41) is 4.78. The van der Waals surface area contributed by atoms with Crippen LogP contribution in [0.4, 0.5) is 0 Å². The van der Waals surface area contributed by atoms with Crippen LogP contribution >= 0.6 is 23.2 Å². The Hall–Kier alpha value is -3.15. The summed E-state index contributed by atoms with van der Waals surface area (Å²) in [5.41, 5.74) is 3.76. The van der Waals surface area contributed by atoms with Gasteiger partial charge in [-0.15, -0.1) is 0 Å². The maximum Gasteiger partial charge on any atom is 0.343 e. The average Bonchev–Trinajstić information content (AvgIpc) is 2.69. The van der Waals surface area contributed by atoms with Crippen LogP contribution in [0.2, 0.25) is 10.0 Å². The number of ether oxygens (including phenoxy) is 1. The minimum absolute atomic E-state index is 0.326. The zero-order valence-electron chi connectivity index (χ0n) is 14.4. The number of halogens is 2. The van der Waals surface area contributed by atoms with Crippen LogP contribution in [0.25, 0.3) is 0 Å². The molecular formula is C21H14Cl2N2O3. The summed E-state index contributed by atoms with van der Waals surface area (Å²) in [6.45, 7) is 0. The van der Waals surface area contributed by atoms with Gasteiger partial charge in [-0.25, -0.2) is 10.2 Å². The molecule has 7 heteroatoms. The molecule has 1 amide bonds. The highest BCUT2D eigenvalue weighted by Gasteiger charge is 2.09. The molecule has 0 atom stereocenters. The second kappa shape index (κ2) is 9.17. The Morgan fingerprint density at radius 3 is 2.43 bits per heavy atom. The first-order valence-electron chi connectivity index (χ1n) is 8.19. The lowest BCUT2D eigenvalue weighted by Crippen LogP contribution is -2.17. The molecule has 3 aromatic carbocycles. The molecule has 0 aliphatic heterocycles. The average molecular weight is 413 g/mol. The lowest BCUT2D eigenvalue weighted by molar-refractivity contribution is 0.0734. The van der Waals surface area contributed by atoms with Crippen LogP contribution in [-0.2, 0) is 0 Å². The van der Waals surface area contributed by atoms with Crippen molar-refractivity contribution >= 4 is 41.3 Å². The van der Waals surface area contributed by atoms with Gasteiger partial charge in [0.05, 0.1) is 22.4 Å². The van der Waals surface area contributed by atoms with E-state index in [-0.39, 0.29) is 0 Å². The molecule has 3 aromatic rings. The summed E-state index contributed by atoms with van der Waals surface area (Å²) in [5.74, 6) is -0.578. The molecule has 5 nitrogen and oxygen atoms in total. The van der Waals surface area contributed by atoms with Gasteiger partial charge in [0.15, 0.2) is 0 Å². The quantitative estimate of drug-likeness (QED) is 0.278. The molecule has 0 aromatic heterocycles. The molecule has 0 spiro atoms. The molecule has 0 aliphatic rings. The maximum atomic E-state index is 12.2. The Kier molecular flexibility index (Phi) is 6.42. The minimum Gasteiger partial charge on any atom is -0.423 e. The van der Waals surface area contributed by atoms with E-state index in [0.29, 0.717) is 32.5 Å². The molecule has 140 valence electrons. The second-order valence-electron chi connectivity index (χ2n) is 5.65. The minimum atomic E-state index is -0.502. The molecule has 28 heavy (non-hydrogen) atoms. The number of nitrogens with zero attached hydrogens (tertiary/aromatic N) is 1. The number of hydrogen-bond donors (Lipinski definition) is 1. The molecule has 0 saturated heterocycles. The fourth-order valence-corrected chi connectivity index (χ4v) is 2.63. The molecule has 3 rings (SSSR count). The van der Waals surface area contributed by atoms with Gasteiger partial charge in [-0.05, 0) is 54.1 Å². The molecule has 0 saturated carbocycles. The van der Waals surface area contributed by atoms with Gasteiger partial charge < -0.3 is 4.74 Å². The van der Waals surface area contributed by atoms with E-state index in [1.807, 2.05) is 0 Å². The lowest BCUT2D eigenvalue weighted by Gasteiger charge is -2.05. The molecule has 0 bridgehead atoms. The number of amides is 1. The number of rotatable bonds is 5. The molecule has 0 heterocycles. The SMILES string of the molecule is O=C(Oc1cccc(C=NNC(=O)c2ccccc2Cl)c1)c1ccc(Cl)cc1. The zero-order valence-corrected chi connectivity index (χ0v) is 15.9. The van der Waals surface area contributed by atoms with Gasteiger partial charge in [0.1, 0.15) is 5.75 Å². The highest BCUT2D eigenvalue weighted by atomic mass is 35.5. The first-order chi connectivity index (χ1) is 13.5. The van der Waals surface area contributed by atoms with Crippen LogP contribution in [0.1, 0.15) is 26.3 Å². The molecular weight excluding hydrogens is 399 g/mol. The van der Waals surface area contributed by atoms with Crippen LogP contribution in [0.5, 0.6) is 5.75 Å². The van der Waals surface area contributed by atoms with Crippen LogP contribution in [0.3, 0.4) is 0 Å². The van der Waals surface area contributed by atoms with Gasteiger partial charge in [0, 0.05) is 5.02 Å². The smallest absolute Gasteiger partial charge is 0.343 e. The zero-order chi connectivity index (χ0) is 19.9. The standard InChI is InChI=1S/C21H14Cl2N2O3/c22-16-10-8-15(9-11-16)21(27)28-17-5-3-4-14(12-17)13-24-25-20(26)18-6-1-2-7-19(18)23/h1-13H,(H,25,26). The summed E-state index contributed by atoms with van der Waals surface area (Å²) in [6, 6.07) is 19.8. The highest BCUT2D eigenvalue weighted by Crippen LogP contribution is 2.16. The van der Waals surface area contributed by atoms with E-state index in [0.717, 1.165) is 0 Å². The van der Waals surface area contributed by atoms with E-state index in [9.17, 15) is 9.59 Å². The van der Waals surface area contributed by atoms with E-state index in [2.05, 4.69) is 10.5 Å². The van der Waals surface area contributed by atoms with Crippen molar-refractivity contribution in [3.63, 3.8) is 0 Å². The van der Waals surface area contributed by atoms with Crippen LogP contribution in [0.15, 0.2) is 77.9 Å². The van der Waals surface area contributed by atoms with Gasteiger partial charge in [-0.1, -0.05) is 47.5 Å². The van der Waals surface area contributed by atoms with Crippen molar-refractivity contribution in [1.29, 1.82) is 0 Å². The van der Waals surface area contributed by atoms with Gasteiger partial charge in [-0.2, -0.15) is 5.10 Å². The van der Waals surface area contributed by atoms with E-state index >= 15 is 0 Å². The fourth-order valence-electron chi connectivity index (χ4n) is 2.28. The molecule has 0 fully saturated rings. The van der Waals surface area contributed by atoms with Gasteiger partial charge in [-0.3, -0.25) is 4.79 Å². The van der Waals surface area contributed by atoms with Crippen molar-refractivity contribution in [2.24, 2.45) is 5.10 Å². The van der Waals surface area contributed by atoms with Crippen molar-refractivity contribution in [2.75, 3.05) is 0 Å². The normalized spacial score (nSPS) is 10.6. The first kappa shape index (κ1) is 19.6. The van der Waals surface area contributed by atoms with Gasteiger partial charge >= 0.3 is 5.97 Å². The lowest BCUT2D eigenvalue weighted by atomic mass is 10.2. The number of benzene rings is 3. The van der Waals surface area contributed by atoms with Crippen LogP contribution in [0, 0.1) is 0 Å². The number of nitrogens with one attached hydrogen (secondary N) is 1. The Morgan fingerprint density at radius 2 is 1.68 bits per heavy atom. The Balaban J connectivity index is 1.63. The fraction of sp³-hybridized carbons (Fsp3) is 0. The first-order valence-corrected chi connectivity index (χ1v) is 8.94. The summed E-state index contributed by atoms with van der Waals surface area (Å²) in [7, 11) is 0. The Labute approximate surface area is 171 Å². The Bertz CT molecular complexity index is 1030. The summed E-state index contributed by atoms with van der Waals surface area (Å²) >= 11 is 11.8. The largest absolute Gasteiger partial charge is 0.423 e. The topological polar surface area (TPSA) is 67.8 Å². The number of carbonyl (C=O) groups is 2. The third kappa shape index (κ3) is 5.19. The number of esters is 1. The predicted octanol–water partition coefficient (Wildman–Crippen LogP) is 4.98. The van der Waals surface area contributed by atoms with E-state index in [1.165, 1.54) is 6.21 Å². The second-order valence-corrected chi connectivity index (χ2v) is 6.49. The molecule has 0 aliphatic carbocycles. The summed E-state index contributed by atoms with van der Waals surface area (Å²) in [6.07, 6.45) is 1.44. The van der Waals surface area contributed by atoms with Crippen molar-refractivity contribution in [3.8, 4) is 5.75 Å². The van der Waals surface area contributed by atoms with Crippen molar-refractivity contribution in [3.05, 3.63) is 99.5 Å². The molecule has 0 unspecified atom stereocenters. The number of carbonyl (C=O) groups excluding carboxylic acids is 2. The highest BCUT2D eigenvalue weighted by molar-refractivity contribution is 6.33. The van der Waals surface area contributed by atoms with Crippen LogP contribution < -0.4 is 10.2 Å². The van der Waals surface area contributed by atoms with E-state index < -0.39 is 11.9 Å².